The highest BCUT2D eigenvalue weighted by Gasteiger charge is 2.19. The maximum absolute atomic E-state index is 13.0. The van der Waals surface area contributed by atoms with Gasteiger partial charge in [-0.2, -0.15) is 5.10 Å². The van der Waals surface area contributed by atoms with Crippen molar-refractivity contribution in [3.05, 3.63) is 87.9 Å². The van der Waals surface area contributed by atoms with Gasteiger partial charge in [-0.3, -0.25) is 15.0 Å². The minimum absolute atomic E-state index is 0.0760. The standard InChI is InChI=1S/C24H19ClN6O3/c1-2-18-21(15-8-10-16(25)11-9-15)23-27-26-22-19(31(23)28-18)12-13-30(24(22)33)29-20(32)14-34-17-6-4-3-5-7-17/h3-13H,2,14H2,1H3,(H,29,32). The minimum atomic E-state index is -0.526. The molecule has 1 amide bonds. The molecule has 34 heavy (non-hydrogen) atoms. The maximum Gasteiger partial charge on any atom is 0.299 e. The summed E-state index contributed by atoms with van der Waals surface area (Å²) in [7, 11) is 0. The molecule has 5 aromatic rings. The van der Waals surface area contributed by atoms with Crippen LogP contribution in [-0.4, -0.2) is 37.0 Å². The number of aryl methyl sites for hydroxylation is 1. The van der Waals surface area contributed by atoms with Gasteiger partial charge in [0.2, 0.25) is 0 Å². The first-order chi connectivity index (χ1) is 16.5. The fraction of sp³-hybridized carbons (Fsp3) is 0.125. The molecule has 0 spiro atoms. The van der Waals surface area contributed by atoms with E-state index in [0.717, 1.165) is 21.5 Å². The van der Waals surface area contributed by atoms with Gasteiger partial charge in [0.15, 0.2) is 17.8 Å². The topological polar surface area (TPSA) is 103 Å². The van der Waals surface area contributed by atoms with Crippen molar-refractivity contribution in [3.8, 4) is 16.9 Å². The molecule has 0 saturated carbocycles. The highest BCUT2D eigenvalue weighted by molar-refractivity contribution is 6.30. The summed E-state index contributed by atoms with van der Waals surface area (Å²) >= 11 is 6.04. The second kappa shape index (κ2) is 8.95. The molecule has 5 rings (SSSR count). The molecule has 10 heteroatoms. The number of fused-ring (bicyclic) bond motifs is 3. The van der Waals surface area contributed by atoms with Gasteiger partial charge in [0.1, 0.15) is 11.3 Å². The van der Waals surface area contributed by atoms with Gasteiger partial charge in [-0.1, -0.05) is 48.9 Å². The molecular weight excluding hydrogens is 456 g/mol. The second-order valence-electron chi connectivity index (χ2n) is 7.48. The lowest BCUT2D eigenvalue weighted by Gasteiger charge is -2.10. The molecule has 1 N–H and O–H groups in total. The van der Waals surface area contributed by atoms with Crippen LogP contribution < -0.4 is 15.7 Å². The van der Waals surface area contributed by atoms with Crippen LogP contribution in [0.3, 0.4) is 0 Å². The van der Waals surface area contributed by atoms with E-state index in [1.54, 1.807) is 47.0 Å². The number of pyridine rings is 1. The SMILES string of the molecule is CCc1nn2c(nnc3c(=O)n(NC(=O)COc4ccccc4)ccc32)c1-c1ccc(Cl)cc1. The van der Waals surface area contributed by atoms with E-state index in [-0.39, 0.29) is 12.1 Å². The van der Waals surface area contributed by atoms with Crippen LogP contribution in [0.2, 0.25) is 5.02 Å². The number of amides is 1. The van der Waals surface area contributed by atoms with E-state index < -0.39 is 11.5 Å². The van der Waals surface area contributed by atoms with Gasteiger partial charge < -0.3 is 4.74 Å². The van der Waals surface area contributed by atoms with Gasteiger partial charge in [0.25, 0.3) is 11.5 Å². The van der Waals surface area contributed by atoms with Crippen LogP contribution in [-0.2, 0) is 11.2 Å². The Kier molecular flexibility index (Phi) is 5.69. The Morgan fingerprint density at radius 2 is 1.82 bits per heavy atom. The van der Waals surface area contributed by atoms with Crippen molar-refractivity contribution in [2.24, 2.45) is 0 Å². The Labute approximate surface area is 198 Å². The number of rotatable bonds is 6. The molecule has 170 valence electrons. The van der Waals surface area contributed by atoms with E-state index in [2.05, 4.69) is 20.7 Å². The fourth-order valence-corrected chi connectivity index (χ4v) is 3.80. The molecule has 0 atom stereocenters. The summed E-state index contributed by atoms with van der Waals surface area (Å²) in [4.78, 5) is 25.3. The predicted molar refractivity (Wildman–Crippen MR) is 129 cm³/mol. The zero-order chi connectivity index (χ0) is 23.7. The summed E-state index contributed by atoms with van der Waals surface area (Å²) < 4.78 is 8.09. The quantitative estimate of drug-likeness (QED) is 0.404. The summed E-state index contributed by atoms with van der Waals surface area (Å²) in [5.74, 6) is 0.0652. The van der Waals surface area contributed by atoms with Gasteiger partial charge in [-0.25, -0.2) is 9.19 Å². The van der Waals surface area contributed by atoms with Gasteiger partial charge in [-0.05, 0) is 42.3 Å². The molecule has 2 aromatic carbocycles. The average molecular weight is 475 g/mol. The van der Waals surface area contributed by atoms with E-state index in [4.69, 9.17) is 16.3 Å². The molecule has 9 nitrogen and oxygen atoms in total. The average Bonchev–Trinajstić information content (AvgIpc) is 3.24. The molecule has 0 aliphatic carbocycles. The number of hydrogen-bond acceptors (Lipinski definition) is 6. The highest BCUT2D eigenvalue weighted by atomic mass is 35.5. The van der Waals surface area contributed by atoms with Crippen LogP contribution in [0, 0.1) is 0 Å². The number of nitrogens with zero attached hydrogens (tertiary/aromatic N) is 5. The normalized spacial score (nSPS) is 11.1. The Morgan fingerprint density at radius 1 is 1.06 bits per heavy atom. The summed E-state index contributed by atoms with van der Waals surface area (Å²) in [6.07, 6.45) is 2.12. The van der Waals surface area contributed by atoms with Crippen LogP contribution in [0.25, 0.3) is 27.8 Å². The number of carbonyl (C=O) groups is 1. The Morgan fingerprint density at radius 3 is 2.56 bits per heavy atom. The van der Waals surface area contributed by atoms with Crippen molar-refractivity contribution in [3.63, 3.8) is 0 Å². The Balaban J connectivity index is 1.49. The number of ether oxygens (including phenoxy) is 1. The third-order valence-corrected chi connectivity index (χ3v) is 5.53. The first kappa shape index (κ1) is 21.6. The molecule has 0 aliphatic heterocycles. The zero-order valence-electron chi connectivity index (χ0n) is 18.1. The first-order valence-corrected chi connectivity index (χ1v) is 11.0. The molecule has 3 heterocycles. The van der Waals surface area contributed by atoms with Crippen LogP contribution in [0.4, 0.5) is 0 Å². The molecule has 3 aromatic heterocycles. The van der Waals surface area contributed by atoms with Gasteiger partial charge in [-0.15, -0.1) is 10.2 Å². The third-order valence-electron chi connectivity index (χ3n) is 5.28. The lowest BCUT2D eigenvalue weighted by molar-refractivity contribution is -0.119. The van der Waals surface area contributed by atoms with Gasteiger partial charge in [0, 0.05) is 11.2 Å². The molecular formula is C24H19ClN6O3. The van der Waals surface area contributed by atoms with Crippen molar-refractivity contribution in [2.75, 3.05) is 12.0 Å². The smallest absolute Gasteiger partial charge is 0.299 e. The third kappa shape index (κ3) is 3.97. The van der Waals surface area contributed by atoms with E-state index in [1.807, 2.05) is 25.1 Å². The lowest BCUT2D eigenvalue weighted by atomic mass is 10.0. The van der Waals surface area contributed by atoms with Crippen molar-refractivity contribution in [1.29, 1.82) is 0 Å². The van der Waals surface area contributed by atoms with E-state index in [9.17, 15) is 9.59 Å². The van der Waals surface area contributed by atoms with Crippen LogP contribution in [0.15, 0.2) is 71.7 Å². The van der Waals surface area contributed by atoms with E-state index >= 15 is 0 Å². The van der Waals surface area contributed by atoms with Gasteiger partial charge >= 0.3 is 0 Å². The zero-order valence-corrected chi connectivity index (χ0v) is 18.9. The molecule has 0 fully saturated rings. The lowest BCUT2D eigenvalue weighted by Crippen LogP contribution is -2.35. The van der Waals surface area contributed by atoms with Crippen LogP contribution in [0.1, 0.15) is 12.6 Å². The molecule has 0 saturated heterocycles. The van der Waals surface area contributed by atoms with Crippen molar-refractivity contribution in [1.82, 2.24) is 24.5 Å². The van der Waals surface area contributed by atoms with Crippen molar-refractivity contribution < 1.29 is 9.53 Å². The summed E-state index contributed by atoms with van der Waals surface area (Å²) in [5.41, 5.74) is 5.64. The summed E-state index contributed by atoms with van der Waals surface area (Å²) in [5, 5.41) is 13.8. The largest absolute Gasteiger partial charge is 0.484 e. The summed E-state index contributed by atoms with van der Waals surface area (Å²) in [6, 6.07) is 18.0. The highest BCUT2D eigenvalue weighted by Crippen LogP contribution is 2.29. The monoisotopic (exact) mass is 474 g/mol. The Bertz CT molecular complexity index is 1560. The van der Waals surface area contributed by atoms with Crippen LogP contribution in [0.5, 0.6) is 5.75 Å². The van der Waals surface area contributed by atoms with Crippen LogP contribution >= 0.6 is 11.6 Å². The number of halogens is 1. The van der Waals surface area contributed by atoms with Gasteiger partial charge in [0.05, 0.1) is 11.3 Å². The van der Waals surface area contributed by atoms with Crippen molar-refractivity contribution >= 4 is 34.2 Å². The number of aromatic nitrogens is 5. The van der Waals surface area contributed by atoms with E-state index in [1.165, 1.54) is 6.20 Å². The maximum atomic E-state index is 13.0. The van der Waals surface area contributed by atoms with Crippen molar-refractivity contribution in [2.45, 2.75) is 13.3 Å². The molecule has 0 bridgehead atoms. The number of nitrogens with one attached hydrogen (secondary N) is 1. The number of hydrogen-bond donors (Lipinski definition) is 1. The number of benzene rings is 2. The molecule has 0 radical (unpaired) electrons. The molecule has 0 unspecified atom stereocenters. The second-order valence-corrected chi connectivity index (χ2v) is 7.92. The predicted octanol–water partition coefficient (Wildman–Crippen LogP) is 3.47. The van der Waals surface area contributed by atoms with E-state index in [0.29, 0.717) is 28.4 Å². The number of para-hydroxylation sites is 1. The number of carbonyl (C=O) groups excluding carboxylic acids is 1. The summed E-state index contributed by atoms with van der Waals surface area (Å²) in [6.45, 7) is 1.75. The Hall–Kier alpha value is -4.24. The molecule has 0 aliphatic rings. The first-order valence-electron chi connectivity index (χ1n) is 10.6. The fourth-order valence-electron chi connectivity index (χ4n) is 3.67. The minimum Gasteiger partial charge on any atom is -0.484 e.